The number of hydrogen-bond acceptors (Lipinski definition) is 3. The molecule has 1 heterocycles. The molecular formula is C24H27Cl2N3O. The molecule has 3 rings (SSSR count). The zero-order valence-corrected chi connectivity index (χ0v) is 19.7. The van der Waals surface area contributed by atoms with Gasteiger partial charge in [0.25, 0.3) is 5.91 Å². The Kier molecular flexibility index (Phi) is 6.30. The maximum Gasteiger partial charge on any atom is 0.271 e. The zero-order chi connectivity index (χ0) is 22.2. The lowest BCUT2D eigenvalue weighted by molar-refractivity contribution is 0.0955. The van der Waals surface area contributed by atoms with Crippen LogP contribution in [0.3, 0.4) is 0 Å². The Balaban J connectivity index is 1.87. The van der Waals surface area contributed by atoms with Crippen molar-refractivity contribution < 1.29 is 4.79 Å². The molecule has 0 fully saturated rings. The predicted molar refractivity (Wildman–Crippen MR) is 128 cm³/mol. The second-order valence-corrected chi connectivity index (χ2v) is 9.31. The number of nitrogens with zero attached hydrogens (tertiary/aromatic N) is 2. The average molecular weight is 444 g/mol. The number of carbonyl (C=O) groups excluding carboxylic acids is 1. The van der Waals surface area contributed by atoms with Gasteiger partial charge in [-0.25, -0.2) is 5.43 Å². The highest BCUT2D eigenvalue weighted by molar-refractivity contribution is 6.42. The number of hydrogen-bond donors (Lipinski definition) is 1. The number of aryl methyl sites for hydroxylation is 1. The van der Waals surface area contributed by atoms with E-state index >= 15 is 0 Å². The van der Waals surface area contributed by atoms with Crippen LogP contribution in [0.1, 0.15) is 61.7 Å². The van der Waals surface area contributed by atoms with Gasteiger partial charge in [0.15, 0.2) is 0 Å². The molecule has 158 valence electrons. The van der Waals surface area contributed by atoms with E-state index in [9.17, 15) is 4.79 Å². The molecule has 2 aromatic carbocycles. The molecule has 0 aromatic heterocycles. The fraction of sp³-hybridized carbons (Fsp3) is 0.333. The quantitative estimate of drug-likeness (QED) is 0.434. The minimum atomic E-state index is -0.343. The Hall–Kier alpha value is -2.30. The molecular weight excluding hydrogens is 417 g/mol. The predicted octanol–water partition coefficient (Wildman–Crippen LogP) is 6.48. The highest BCUT2D eigenvalue weighted by Crippen LogP contribution is 2.41. The summed E-state index contributed by atoms with van der Waals surface area (Å²) in [5, 5.41) is 4.89. The van der Waals surface area contributed by atoms with Crippen LogP contribution in [-0.4, -0.2) is 23.7 Å². The number of rotatable bonds is 4. The summed E-state index contributed by atoms with van der Waals surface area (Å²) in [7, 11) is 0. The van der Waals surface area contributed by atoms with E-state index in [-0.39, 0.29) is 11.4 Å². The van der Waals surface area contributed by atoms with Crippen LogP contribution in [-0.2, 0) is 0 Å². The summed E-state index contributed by atoms with van der Waals surface area (Å²) in [6.07, 6.45) is 3.98. The van der Waals surface area contributed by atoms with E-state index in [1.54, 1.807) is 18.3 Å². The number of allylic oxidation sites excluding steroid dienone is 1. The van der Waals surface area contributed by atoms with Gasteiger partial charge in [-0.05, 0) is 88.6 Å². The van der Waals surface area contributed by atoms with Crippen molar-refractivity contribution in [2.75, 3.05) is 4.90 Å². The van der Waals surface area contributed by atoms with Gasteiger partial charge in [-0.2, -0.15) is 5.10 Å². The van der Waals surface area contributed by atoms with E-state index in [0.717, 1.165) is 11.1 Å². The summed E-state index contributed by atoms with van der Waals surface area (Å²) in [4.78, 5) is 14.8. The number of amides is 1. The number of carbonyl (C=O) groups is 1. The average Bonchev–Trinajstić information content (AvgIpc) is 2.63. The molecule has 2 aromatic rings. The summed E-state index contributed by atoms with van der Waals surface area (Å²) >= 11 is 11.9. The van der Waals surface area contributed by atoms with Gasteiger partial charge < -0.3 is 4.90 Å². The number of benzene rings is 2. The van der Waals surface area contributed by atoms with Crippen molar-refractivity contribution in [3.63, 3.8) is 0 Å². The van der Waals surface area contributed by atoms with Crippen molar-refractivity contribution in [2.24, 2.45) is 5.10 Å². The first-order chi connectivity index (χ1) is 14.0. The van der Waals surface area contributed by atoms with Crippen LogP contribution >= 0.6 is 23.2 Å². The maximum atomic E-state index is 12.3. The molecule has 0 radical (unpaired) electrons. The molecule has 0 bridgehead atoms. The highest BCUT2D eigenvalue weighted by atomic mass is 35.5. The monoisotopic (exact) mass is 443 g/mol. The van der Waals surface area contributed by atoms with Gasteiger partial charge in [-0.15, -0.1) is 0 Å². The van der Waals surface area contributed by atoms with Crippen LogP contribution in [0.5, 0.6) is 0 Å². The van der Waals surface area contributed by atoms with Gasteiger partial charge in [0.05, 0.1) is 21.8 Å². The van der Waals surface area contributed by atoms with Crippen molar-refractivity contribution in [1.29, 1.82) is 0 Å². The smallest absolute Gasteiger partial charge is 0.271 e. The minimum Gasteiger partial charge on any atom is -0.360 e. The molecule has 0 aliphatic carbocycles. The number of fused-ring (bicyclic) bond motifs is 1. The lowest BCUT2D eigenvalue weighted by atomic mass is 9.86. The summed E-state index contributed by atoms with van der Waals surface area (Å²) in [5.41, 5.74) is 8.60. The van der Waals surface area contributed by atoms with Crippen molar-refractivity contribution in [3.05, 3.63) is 68.7 Å². The summed E-state index contributed by atoms with van der Waals surface area (Å²) in [6.45, 7) is 13.1. The van der Waals surface area contributed by atoms with E-state index in [1.165, 1.54) is 22.9 Å². The summed E-state index contributed by atoms with van der Waals surface area (Å²) < 4.78 is 0. The standard InChI is InChI=1S/C24H27Cl2N3O/c1-14(2)29-22-9-15(3)18(10-19(22)16(4)12-24(29,5)6)13-27-28-23(30)17-7-8-20(25)21(26)11-17/h7-14H,1-6H3,(H,28,30)/b27-13-. The molecule has 30 heavy (non-hydrogen) atoms. The van der Waals surface area contributed by atoms with Gasteiger partial charge in [0, 0.05) is 22.9 Å². The molecule has 0 spiro atoms. The zero-order valence-electron chi connectivity index (χ0n) is 18.2. The Bertz CT molecular complexity index is 1050. The number of halogens is 2. The van der Waals surface area contributed by atoms with Gasteiger partial charge in [-0.1, -0.05) is 29.3 Å². The van der Waals surface area contributed by atoms with Gasteiger partial charge >= 0.3 is 0 Å². The largest absolute Gasteiger partial charge is 0.360 e. The fourth-order valence-electron chi connectivity index (χ4n) is 4.16. The van der Waals surface area contributed by atoms with Gasteiger partial charge in [-0.3, -0.25) is 4.79 Å². The van der Waals surface area contributed by atoms with Crippen LogP contribution in [0.25, 0.3) is 5.57 Å². The second kappa shape index (κ2) is 8.44. The van der Waals surface area contributed by atoms with E-state index in [1.807, 2.05) is 0 Å². The minimum absolute atomic E-state index is 0.0544. The van der Waals surface area contributed by atoms with Crippen LogP contribution in [0.15, 0.2) is 41.5 Å². The normalized spacial score (nSPS) is 15.4. The topological polar surface area (TPSA) is 44.7 Å². The molecule has 1 aliphatic heterocycles. The molecule has 0 saturated heterocycles. The molecule has 0 unspecified atom stereocenters. The van der Waals surface area contributed by atoms with Crippen molar-refractivity contribution in [3.8, 4) is 0 Å². The lowest BCUT2D eigenvalue weighted by Crippen LogP contribution is -2.49. The van der Waals surface area contributed by atoms with Crippen molar-refractivity contribution in [2.45, 2.75) is 53.1 Å². The summed E-state index contributed by atoms with van der Waals surface area (Å²) in [6, 6.07) is 9.43. The number of nitrogens with one attached hydrogen (secondary N) is 1. The van der Waals surface area contributed by atoms with Crippen molar-refractivity contribution >= 4 is 46.6 Å². The Morgan fingerprint density at radius 2 is 1.83 bits per heavy atom. The number of anilines is 1. The fourth-order valence-corrected chi connectivity index (χ4v) is 4.46. The lowest BCUT2D eigenvalue weighted by Gasteiger charge is -2.46. The van der Waals surface area contributed by atoms with E-state index in [4.69, 9.17) is 23.2 Å². The first-order valence-corrected chi connectivity index (χ1v) is 10.7. The van der Waals surface area contributed by atoms with Crippen LogP contribution in [0.4, 0.5) is 5.69 Å². The van der Waals surface area contributed by atoms with Crippen molar-refractivity contribution in [1.82, 2.24) is 5.43 Å². The van der Waals surface area contributed by atoms with Gasteiger partial charge in [0.2, 0.25) is 0 Å². The Labute approximate surface area is 188 Å². The third kappa shape index (κ3) is 4.40. The molecule has 0 atom stereocenters. The first kappa shape index (κ1) is 22.4. The maximum absolute atomic E-state index is 12.3. The van der Waals surface area contributed by atoms with Crippen LogP contribution < -0.4 is 10.3 Å². The molecule has 4 nitrogen and oxygen atoms in total. The Morgan fingerprint density at radius 1 is 1.13 bits per heavy atom. The number of hydrazone groups is 1. The molecule has 0 saturated carbocycles. The SMILES string of the molecule is CC1=CC(C)(C)N(C(C)C)c2cc(C)c(/C=N\NC(=O)c3ccc(Cl)c(Cl)c3)cc21. The summed E-state index contributed by atoms with van der Waals surface area (Å²) in [5.74, 6) is -0.343. The van der Waals surface area contributed by atoms with Crippen LogP contribution in [0, 0.1) is 6.92 Å². The van der Waals surface area contributed by atoms with E-state index in [2.05, 4.69) is 75.2 Å². The highest BCUT2D eigenvalue weighted by Gasteiger charge is 2.33. The second-order valence-electron chi connectivity index (χ2n) is 8.50. The third-order valence-corrected chi connectivity index (χ3v) is 6.07. The molecule has 1 amide bonds. The van der Waals surface area contributed by atoms with Crippen LogP contribution in [0.2, 0.25) is 10.0 Å². The molecule has 1 aliphatic rings. The van der Waals surface area contributed by atoms with E-state index in [0.29, 0.717) is 21.7 Å². The third-order valence-electron chi connectivity index (χ3n) is 5.33. The Morgan fingerprint density at radius 3 is 2.47 bits per heavy atom. The van der Waals surface area contributed by atoms with E-state index < -0.39 is 0 Å². The molecule has 6 heteroatoms. The van der Waals surface area contributed by atoms with Gasteiger partial charge in [0.1, 0.15) is 0 Å². The molecule has 1 N–H and O–H groups in total. The first-order valence-electron chi connectivity index (χ1n) is 9.93.